The number of rotatable bonds is 4. The molecular weight excluding hydrogens is 300 g/mol. The summed E-state index contributed by atoms with van der Waals surface area (Å²) in [6.07, 6.45) is 5.05. The van der Waals surface area contributed by atoms with Gasteiger partial charge in [0.15, 0.2) is 5.82 Å². The maximum absolute atomic E-state index is 5.09. The molecule has 1 saturated heterocycles. The van der Waals surface area contributed by atoms with Crippen molar-refractivity contribution < 1.29 is 4.52 Å². The fraction of sp³-hybridized carbons (Fsp3) is 0.579. The van der Waals surface area contributed by atoms with Gasteiger partial charge in [-0.25, -0.2) is 0 Å². The van der Waals surface area contributed by atoms with Gasteiger partial charge in [0.25, 0.3) is 0 Å². The van der Waals surface area contributed by atoms with Gasteiger partial charge in [-0.2, -0.15) is 4.98 Å². The van der Waals surface area contributed by atoms with Crippen molar-refractivity contribution in [2.24, 2.45) is 0 Å². The Labute approximate surface area is 143 Å². The fourth-order valence-electron chi connectivity index (χ4n) is 4.28. The number of hydrogen-bond donors (Lipinski definition) is 0. The van der Waals surface area contributed by atoms with Crippen LogP contribution in [0.5, 0.6) is 0 Å². The Morgan fingerprint density at radius 2 is 2.17 bits per heavy atom. The molecule has 1 fully saturated rings. The van der Waals surface area contributed by atoms with Crippen LogP contribution in [0.15, 0.2) is 28.8 Å². The van der Waals surface area contributed by atoms with Crippen LogP contribution in [0.2, 0.25) is 0 Å². The largest absolute Gasteiger partial charge is 0.340 e. The third kappa shape index (κ3) is 3.10. The van der Waals surface area contributed by atoms with Crippen molar-refractivity contribution in [1.82, 2.24) is 19.9 Å². The molecule has 1 aromatic heterocycles. The number of aromatic nitrogens is 2. The van der Waals surface area contributed by atoms with E-state index in [1.807, 2.05) is 6.92 Å². The Kier molecular flexibility index (Phi) is 4.37. The minimum atomic E-state index is 0.567. The summed E-state index contributed by atoms with van der Waals surface area (Å²) in [5.41, 5.74) is 3.11. The van der Waals surface area contributed by atoms with Crippen LogP contribution in [-0.4, -0.2) is 46.1 Å². The number of likely N-dealkylation sites (tertiary alicyclic amines) is 1. The van der Waals surface area contributed by atoms with E-state index in [1.165, 1.54) is 32.2 Å². The zero-order valence-electron chi connectivity index (χ0n) is 14.6. The van der Waals surface area contributed by atoms with Gasteiger partial charge in [-0.3, -0.25) is 9.80 Å². The summed E-state index contributed by atoms with van der Waals surface area (Å²) in [5, 5.41) is 4.02. The molecular formula is C19H26N4O. The second-order valence-corrected chi connectivity index (χ2v) is 7.19. The number of fused-ring (bicyclic) bond motifs is 1. The van der Waals surface area contributed by atoms with Gasteiger partial charge in [-0.1, -0.05) is 29.4 Å². The standard InChI is InChI=1S/C19H26N4O/c1-14-20-19(21-24-14)13-22(2)16-10-11-23(12-16)18-9-5-7-15-6-3-4-8-17(15)18/h3-4,6,8,16,18H,5,7,9-13H2,1-2H3. The second kappa shape index (κ2) is 6.65. The molecule has 2 aliphatic rings. The van der Waals surface area contributed by atoms with Crippen molar-refractivity contribution in [3.05, 3.63) is 47.1 Å². The Morgan fingerprint density at radius 3 is 3.00 bits per heavy atom. The van der Waals surface area contributed by atoms with Crippen LogP contribution >= 0.6 is 0 Å². The van der Waals surface area contributed by atoms with E-state index >= 15 is 0 Å². The average molecular weight is 326 g/mol. The van der Waals surface area contributed by atoms with E-state index in [9.17, 15) is 0 Å². The third-order valence-corrected chi connectivity index (χ3v) is 5.56. The van der Waals surface area contributed by atoms with Crippen molar-refractivity contribution in [3.63, 3.8) is 0 Å². The first-order valence-corrected chi connectivity index (χ1v) is 9.02. The van der Waals surface area contributed by atoms with E-state index in [0.29, 0.717) is 18.0 Å². The highest BCUT2D eigenvalue weighted by Crippen LogP contribution is 2.36. The van der Waals surface area contributed by atoms with Crippen LogP contribution in [0.1, 0.15) is 48.1 Å². The van der Waals surface area contributed by atoms with Gasteiger partial charge in [-0.05, 0) is 43.9 Å². The molecule has 2 unspecified atom stereocenters. The van der Waals surface area contributed by atoms with Gasteiger partial charge in [0.1, 0.15) is 0 Å². The normalized spacial score (nSPS) is 24.5. The SMILES string of the molecule is Cc1nc(CN(C)C2CCN(C3CCCc4ccccc43)C2)no1. The van der Waals surface area contributed by atoms with E-state index < -0.39 is 0 Å². The third-order valence-electron chi connectivity index (χ3n) is 5.56. The molecule has 0 bridgehead atoms. The molecule has 24 heavy (non-hydrogen) atoms. The lowest BCUT2D eigenvalue weighted by molar-refractivity contribution is 0.181. The number of likely N-dealkylation sites (N-methyl/N-ethyl adjacent to an activating group) is 1. The lowest BCUT2D eigenvalue weighted by Gasteiger charge is -2.34. The first-order chi connectivity index (χ1) is 11.7. The van der Waals surface area contributed by atoms with Crippen molar-refractivity contribution in [3.8, 4) is 0 Å². The molecule has 0 radical (unpaired) electrons. The van der Waals surface area contributed by atoms with Gasteiger partial charge >= 0.3 is 0 Å². The first-order valence-electron chi connectivity index (χ1n) is 9.02. The summed E-state index contributed by atoms with van der Waals surface area (Å²) in [7, 11) is 2.18. The molecule has 2 aromatic rings. The lowest BCUT2D eigenvalue weighted by atomic mass is 9.87. The van der Waals surface area contributed by atoms with E-state index in [2.05, 4.69) is 51.3 Å². The molecule has 0 spiro atoms. The highest BCUT2D eigenvalue weighted by molar-refractivity contribution is 5.32. The Morgan fingerprint density at radius 1 is 1.29 bits per heavy atom. The summed E-state index contributed by atoms with van der Waals surface area (Å²) in [6, 6.07) is 10.2. The van der Waals surface area contributed by atoms with E-state index in [0.717, 1.165) is 18.9 Å². The van der Waals surface area contributed by atoms with E-state index in [1.54, 1.807) is 11.1 Å². The predicted molar refractivity (Wildman–Crippen MR) is 92.6 cm³/mol. The number of nitrogens with zero attached hydrogens (tertiary/aromatic N) is 4. The van der Waals surface area contributed by atoms with Crippen LogP contribution in [0.3, 0.4) is 0 Å². The number of aryl methyl sites for hydroxylation is 2. The molecule has 128 valence electrons. The zero-order chi connectivity index (χ0) is 16.5. The van der Waals surface area contributed by atoms with Crippen LogP contribution in [0, 0.1) is 6.92 Å². The Bertz CT molecular complexity index is 698. The maximum Gasteiger partial charge on any atom is 0.223 e. The molecule has 5 nitrogen and oxygen atoms in total. The average Bonchev–Trinajstić information content (AvgIpc) is 3.23. The molecule has 5 heteroatoms. The lowest BCUT2D eigenvalue weighted by Crippen LogP contribution is -2.36. The van der Waals surface area contributed by atoms with Crippen LogP contribution in [0.25, 0.3) is 0 Å². The minimum absolute atomic E-state index is 0.567. The summed E-state index contributed by atoms with van der Waals surface area (Å²) < 4.78 is 5.09. The van der Waals surface area contributed by atoms with Crippen LogP contribution in [0.4, 0.5) is 0 Å². The molecule has 0 amide bonds. The quantitative estimate of drug-likeness (QED) is 0.864. The Balaban J connectivity index is 1.41. The van der Waals surface area contributed by atoms with Crippen molar-refractivity contribution in [2.45, 2.75) is 51.2 Å². The van der Waals surface area contributed by atoms with Crippen LogP contribution < -0.4 is 0 Å². The number of benzene rings is 1. The predicted octanol–water partition coefficient (Wildman–Crippen LogP) is 2.96. The van der Waals surface area contributed by atoms with Crippen LogP contribution in [-0.2, 0) is 13.0 Å². The second-order valence-electron chi connectivity index (χ2n) is 7.19. The van der Waals surface area contributed by atoms with E-state index in [-0.39, 0.29) is 0 Å². The van der Waals surface area contributed by atoms with E-state index in [4.69, 9.17) is 4.52 Å². The fourth-order valence-corrected chi connectivity index (χ4v) is 4.28. The van der Waals surface area contributed by atoms with Gasteiger partial charge < -0.3 is 4.52 Å². The molecule has 1 aromatic carbocycles. The summed E-state index contributed by atoms with van der Waals surface area (Å²) in [5.74, 6) is 1.43. The molecule has 0 saturated carbocycles. The molecule has 2 heterocycles. The maximum atomic E-state index is 5.09. The van der Waals surface area contributed by atoms with Crippen molar-refractivity contribution >= 4 is 0 Å². The first kappa shape index (κ1) is 15.8. The zero-order valence-corrected chi connectivity index (χ0v) is 14.6. The minimum Gasteiger partial charge on any atom is -0.340 e. The van der Waals surface area contributed by atoms with Crippen molar-refractivity contribution in [1.29, 1.82) is 0 Å². The molecule has 2 atom stereocenters. The smallest absolute Gasteiger partial charge is 0.223 e. The highest BCUT2D eigenvalue weighted by Gasteiger charge is 2.33. The van der Waals surface area contributed by atoms with Gasteiger partial charge in [0.2, 0.25) is 5.89 Å². The summed E-state index contributed by atoms with van der Waals surface area (Å²) in [6.45, 7) is 4.91. The molecule has 4 rings (SSSR count). The number of hydrogen-bond acceptors (Lipinski definition) is 5. The van der Waals surface area contributed by atoms with Gasteiger partial charge in [0.05, 0.1) is 6.54 Å². The Hall–Kier alpha value is -1.72. The van der Waals surface area contributed by atoms with Gasteiger partial charge in [0, 0.05) is 32.1 Å². The highest BCUT2D eigenvalue weighted by atomic mass is 16.5. The van der Waals surface area contributed by atoms with Crippen molar-refractivity contribution in [2.75, 3.05) is 20.1 Å². The molecule has 1 aliphatic carbocycles. The molecule has 0 N–H and O–H groups in total. The summed E-state index contributed by atoms with van der Waals surface area (Å²) in [4.78, 5) is 9.38. The van der Waals surface area contributed by atoms with Gasteiger partial charge in [-0.15, -0.1) is 0 Å². The summed E-state index contributed by atoms with van der Waals surface area (Å²) >= 11 is 0. The monoisotopic (exact) mass is 326 g/mol. The molecule has 1 aliphatic heterocycles. The topological polar surface area (TPSA) is 45.4 Å².